The summed E-state index contributed by atoms with van der Waals surface area (Å²) in [5.74, 6) is 1.42. The standard InChI is InChI=1S/C16H17O4/c1-18-15-9-4-3-8-14(15)16(19-2)11-20-13-7-5-6-12(17)10-13/h3-4,6-10,16-17H,11H2,1-2H3. The lowest BCUT2D eigenvalue weighted by atomic mass is 10.1. The van der Waals surface area contributed by atoms with Gasteiger partial charge in [0.05, 0.1) is 7.11 Å². The van der Waals surface area contributed by atoms with Crippen LogP contribution >= 0.6 is 0 Å². The summed E-state index contributed by atoms with van der Waals surface area (Å²) in [6.07, 6.45) is -0.256. The first-order valence-corrected chi connectivity index (χ1v) is 6.23. The number of phenolic OH excluding ortho intramolecular Hbond substituents is 1. The van der Waals surface area contributed by atoms with E-state index in [0.29, 0.717) is 12.4 Å². The van der Waals surface area contributed by atoms with Crippen LogP contribution in [0.4, 0.5) is 0 Å². The Balaban J connectivity index is 2.09. The molecule has 0 amide bonds. The van der Waals surface area contributed by atoms with Crippen LogP contribution < -0.4 is 9.47 Å². The van der Waals surface area contributed by atoms with Gasteiger partial charge >= 0.3 is 0 Å². The number of phenols is 1. The molecule has 105 valence electrons. The van der Waals surface area contributed by atoms with E-state index in [1.165, 1.54) is 12.1 Å². The zero-order valence-corrected chi connectivity index (χ0v) is 11.5. The van der Waals surface area contributed by atoms with Crippen molar-refractivity contribution in [3.8, 4) is 17.2 Å². The lowest BCUT2D eigenvalue weighted by Crippen LogP contribution is -2.13. The Morgan fingerprint density at radius 2 is 2.00 bits per heavy atom. The molecule has 1 radical (unpaired) electrons. The first-order valence-electron chi connectivity index (χ1n) is 6.23. The summed E-state index contributed by atoms with van der Waals surface area (Å²) in [6.45, 7) is 0.314. The third-order valence-electron chi connectivity index (χ3n) is 2.92. The summed E-state index contributed by atoms with van der Waals surface area (Å²) >= 11 is 0. The van der Waals surface area contributed by atoms with E-state index in [-0.39, 0.29) is 11.9 Å². The Kier molecular flexibility index (Phi) is 4.85. The average molecular weight is 273 g/mol. The van der Waals surface area contributed by atoms with Crippen LogP contribution in [0.5, 0.6) is 17.2 Å². The summed E-state index contributed by atoms with van der Waals surface area (Å²) in [6, 6.07) is 15.1. The van der Waals surface area contributed by atoms with Crippen LogP contribution in [0, 0.1) is 6.07 Å². The van der Waals surface area contributed by atoms with Crippen LogP contribution in [0.15, 0.2) is 42.5 Å². The van der Waals surface area contributed by atoms with Gasteiger partial charge in [0.15, 0.2) is 0 Å². The molecule has 0 saturated carbocycles. The molecule has 0 bridgehead atoms. The van der Waals surface area contributed by atoms with E-state index < -0.39 is 0 Å². The molecule has 2 aromatic rings. The molecule has 1 atom stereocenters. The van der Waals surface area contributed by atoms with E-state index in [1.54, 1.807) is 20.3 Å². The van der Waals surface area contributed by atoms with Gasteiger partial charge in [-0.3, -0.25) is 0 Å². The normalized spacial score (nSPS) is 11.9. The highest BCUT2D eigenvalue weighted by molar-refractivity contribution is 5.36. The van der Waals surface area contributed by atoms with Crippen molar-refractivity contribution in [2.45, 2.75) is 6.10 Å². The third kappa shape index (κ3) is 3.42. The van der Waals surface area contributed by atoms with Gasteiger partial charge in [-0.05, 0) is 24.3 Å². The molecule has 2 aromatic carbocycles. The van der Waals surface area contributed by atoms with Gasteiger partial charge in [0.2, 0.25) is 0 Å². The lowest BCUT2D eigenvalue weighted by Gasteiger charge is -2.19. The monoisotopic (exact) mass is 273 g/mol. The number of aromatic hydroxyl groups is 1. The third-order valence-corrected chi connectivity index (χ3v) is 2.92. The number of hydrogen-bond donors (Lipinski definition) is 1. The summed E-state index contributed by atoms with van der Waals surface area (Å²) in [7, 11) is 3.24. The first-order chi connectivity index (χ1) is 9.74. The van der Waals surface area contributed by atoms with Crippen molar-refractivity contribution >= 4 is 0 Å². The minimum Gasteiger partial charge on any atom is -0.508 e. The van der Waals surface area contributed by atoms with Crippen molar-refractivity contribution in [1.82, 2.24) is 0 Å². The summed E-state index contributed by atoms with van der Waals surface area (Å²) in [5.41, 5.74) is 0.918. The highest BCUT2D eigenvalue weighted by Gasteiger charge is 2.16. The zero-order valence-electron chi connectivity index (χ0n) is 11.5. The molecule has 4 nitrogen and oxygen atoms in total. The largest absolute Gasteiger partial charge is 0.508 e. The molecule has 0 heterocycles. The van der Waals surface area contributed by atoms with E-state index >= 15 is 0 Å². The molecular formula is C16H17O4. The van der Waals surface area contributed by atoms with Gasteiger partial charge in [0.25, 0.3) is 0 Å². The lowest BCUT2D eigenvalue weighted by molar-refractivity contribution is 0.0557. The van der Waals surface area contributed by atoms with E-state index in [4.69, 9.17) is 14.2 Å². The minimum absolute atomic E-state index is 0.119. The van der Waals surface area contributed by atoms with Crippen molar-refractivity contribution in [1.29, 1.82) is 0 Å². The molecule has 2 rings (SSSR count). The fourth-order valence-corrected chi connectivity index (χ4v) is 1.91. The number of benzene rings is 2. The Morgan fingerprint density at radius 3 is 2.70 bits per heavy atom. The highest BCUT2D eigenvalue weighted by atomic mass is 16.5. The summed E-state index contributed by atoms with van der Waals surface area (Å²) < 4.78 is 16.4. The fraction of sp³-hybridized carbons (Fsp3) is 0.250. The van der Waals surface area contributed by atoms with Gasteiger partial charge in [-0.25, -0.2) is 0 Å². The zero-order chi connectivity index (χ0) is 14.4. The van der Waals surface area contributed by atoms with Gasteiger partial charge in [0, 0.05) is 18.7 Å². The van der Waals surface area contributed by atoms with Crippen LogP contribution in [-0.4, -0.2) is 25.9 Å². The van der Waals surface area contributed by atoms with Crippen molar-refractivity contribution in [3.63, 3.8) is 0 Å². The summed E-state index contributed by atoms with van der Waals surface area (Å²) in [5, 5.41) is 9.37. The molecule has 4 heteroatoms. The fourth-order valence-electron chi connectivity index (χ4n) is 1.91. The second kappa shape index (κ2) is 6.82. The molecule has 0 aromatic heterocycles. The second-order valence-corrected chi connectivity index (χ2v) is 4.20. The number of para-hydroxylation sites is 1. The number of ether oxygens (including phenoxy) is 3. The molecule has 1 N–H and O–H groups in total. The van der Waals surface area contributed by atoms with E-state index in [0.717, 1.165) is 11.3 Å². The number of rotatable bonds is 6. The van der Waals surface area contributed by atoms with Crippen LogP contribution in [-0.2, 0) is 4.74 Å². The van der Waals surface area contributed by atoms with Crippen LogP contribution in [0.25, 0.3) is 0 Å². The van der Waals surface area contributed by atoms with Crippen LogP contribution in [0.2, 0.25) is 0 Å². The molecule has 1 unspecified atom stereocenters. The topological polar surface area (TPSA) is 47.9 Å². The van der Waals surface area contributed by atoms with E-state index in [1.807, 2.05) is 24.3 Å². The number of methoxy groups -OCH3 is 2. The Bertz CT molecular complexity index is 554. The Hall–Kier alpha value is -2.20. The molecular weight excluding hydrogens is 256 g/mol. The van der Waals surface area contributed by atoms with Gasteiger partial charge < -0.3 is 19.3 Å². The van der Waals surface area contributed by atoms with Gasteiger partial charge in [-0.15, -0.1) is 0 Å². The SMILES string of the molecule is COc1ccccc1C(COc1c[c]cc(O)c1)OC. The minimum atomic E-state index is -0.256. The maximum absolute atomic E-state index is 9.37. The molecule has 0 fully saturated rings. The molecule has 0 aliphatic rings. The molecule has 0 saturated heterocycles. The molecule has 0 aliphatic heterocycles. The maximum Gasteiger partial charge on any atom is 0.124 e. The first kappa shape index (κ1) is 14.2. The van der Waals surface area contributed by atoms with E-state index in [9.17, 15) is 5.11 Å². The molecule has 0 spiro atoms. The van der Waals surface area contributed by atoms with E-state index in [2.05, 4.69) is 6.07 Å². The van der Waals surface area contributed by atoms with Gasteiger partial charge in [-0.1, -0.05) is 18.2 Å². The predicted octanol–water partition coefficient (Wildman–Crippen LogP) is 2.97. The van der Waals surface area contributed by atoms with Crippen molar-refractivity contribution in [2.75, 3.05) is 20.8 Å². The van der Waals surface area contributed by atoms with Crippen molar-refractivity contribution in [3.05, 3.63) is 54.1 Å². The van der Waals surface area contributed by atoms with Crippen LogP contribution in [0.1, 0.15) is 11.7 Å². The molecule has 20 heavy (non-hydrogen) atoms. The quantitative estimate of drug-likeness (QED) is 0.879. The average Bonchev–Trinajstić information content (AvgIpc) is 2.48. The Morgan fingerprint density at radius 1 is 1.20 bits per heavy atom. The molecule has 0 aliphatic carbocycles. The van der Waals surface area contributed by atoms with Gasteiger partial charge in [0.1, 0.15) is 30.0 Å². The van der Waals surface area contributed by atoms with Crippen molar-refractivity contribution < 1.29 is 19.3 Å². The van der Waals surface area contributed by atoms with Crippen LogP contribution in [0.3, 0.4) is 0 Å². The summed E-state index contributed by atoms with van der Waals surface area (Å²) in [4.78, 5) is 0. The smallest absolute Gasteiger partial charge is 0.124 e. The van der Waals surface area contributed by atoms with Crippen molar-refractivity contribution in [2.24, 2.45) is 0 Å². The van der Waals surface area contributed by atoms with Gasteiger partial charge in [-0.2, -0.15) is 0 Å². The maximum atomic E-state index is 9.37. The second-order valence-electron chi connectivity index (χ2n) is 4.20. The number of hydrogen-bond acceptors (Lipinski definition) is 4. The predicted molar refractivity (Wildman–Crippen MR) is 75.2 cm³/mol. The Labute approximate surface area is 118 Å². The highest BCUT2D eigenvalue weighted by Crippen LogP contribution is 2.28.